The fourth-order valence-corrected chi connectivity index (χ4v) is 3.35. The number of carbonyl (C=O) groups is 1. The highest BCUT2D eigenvalue weighted by atomic mass is 16.5. The number of hydrogen-bond acceptors (Lipinski definition) is 4. The second-order valence-electron chi connectivity index (χ2n) is 6.41. The zero-order valence-corrected chi connectivity index (χ0v) is 13.6. The summed E-state index contributed by atoms with van der Waals surface area (Å²) in [5.41, 5.74) is 2.39. The summed E-state index contributed by atoms with van der Waals surface area (Å²) in [5, 5.41) is 10.8. The van der Waals surface area contributed by atoms with Gasteiger partial charge in [-0.1, -0.05) is 0 Å². The molecule has 1 aromatic carbocycles. The molecule has 3 heterocycles. The van der Waals surface area contributed by atoms with Gasteiger partial charge in [0.05, 0.1) is 12.6 Å². The van der Waals surface area contributed by atoms with E-state index in [-0.39, 0.29) is 5.91 Å². The Morgan fingerprint density at radius 1 is 1.33 bits per heavy atom. The van der Waals surface area contributed by atoms with E-state index in [2.05, 4.69) is 15.7 Å². The van der Waals surface area contributed by atoms with Gasteiger partial charge in [-0.2, -0.15) is 5.10 Å². The zero-order valence-electron chi connectivity index (χ0n) is 13.6. The second kappa shape index (κ2) is 6.65. The molecule has 0 radical (unpaired) electrons. The first-order chi connectivity index (χ1) is 11.8. The largest absolute Gasteiger partial charge is 0.493 e. The number of carbonyl (C=O) groups excluding carboxylic acids is 1. The van der Waals surface area contributed by atoms with Gasteiger partial charge in [0.2, 0.25) is 0 Å². The van der Waals surface area contributed by atoms with E-state index >= 15 is 0 Å². The molecule has 1 unspecified atom stereocenters. The summed E-state index contributed by atoms with van der Waals surface area (Å²) in [6.07, 6.45) is 6.14. The molecule has 0 saturated carbocycles. The van der Waals surface area contributed by atoms with Gasteiger partial charge in [0.15, 0.2) is 5.69 Å². The minimum absolute atomic E-state index is 0.172. The van der Waals surface area contributed by atoms with Crippen LogP contribution < -0.4 is 15.4 Å². The standard InChI is InChI=1S/C18H22N4O2/c23-18(16-7-9-22(21-16)15-4-1-8-19-12-15)20-14-5-6-17-13(11-14)3-2-10-24-17/h5-7,9,11,15,19H,1-4,8,10,12H2,(H,20,23). The van der Waals surface area contributed by atoms with Crippen molar-refractivity contribution in [2.24, 2.45) is 0 Å². The molecule has 2 aromatic rings. The van der Waals surface area contributed by atoms with E-state index in [1.54, 1.807) is 6.07 Å². The van der Waals surface area contributed by atoms with Crippen molar-refractivity contribution in [1.29, 1.82) is 0 Å². The summed E-state index contributed by atoms with van der Waals surface area (Å²) < 4.78 is 7.51. The SMILES string of the molecule is O=C(Nc1ccc2c(c1)CCCO2)c1ccn(C2CCCNC2)n1. The Morgan fingerprint density at radius 3 is 3.17 bits per heavy atom. The topological polar surface area (TPSA) is 68.2 Å². The Morgan fingerprint density at radius 2 is 2.29 bits per heavy atom. The lowest BCUT2D eigenvalue weighted by Gasteiger charge is -2.22. The van der Waals surface area contributed by atoms with Crippen molar-refractivity contribution in [3.63, 3.8) is 0 Å². The van der Waals surface area contributed by atoms with Gasteiger partial charge in [-0.3, -0.25) is 9.48 Å². The normalized spacial score (nSPS) is 20.1. The third kappa shape index (κ3) is 3.14. The van der Waals surface area contributed by atoms with Gasteiger partial charge >= 0.3 is 0 Å². The molecule has 1 saturated heterocycles. The lowest BCUT2D eigenvalue weighted by atomic mass is 10.1. The molecular weight excluding hydrogens is 304 g/mol. The van der Waals surface area contributed by atoms with Crippen molar-refractivity contribution in [3.8, 4) is 5.75 Å². The van der Waals surface area contributed by atoms with Gasteiger partial charge in [0.1, 0.15) is 5.75 Å². The third-order valence-electron chi connectivity index (χ3n) is 4.65. The second-order valence-corrected chi connectivity index (χ2v) is 6.41. The van der Waals surface area contributed by atoms with E-state index in [0.717, 1.165) is 62.4 Å². The Balaban J connectivity index is 1.45. The van der Waals surface area contributed by atoms with E-state index in [9.17, 15) is 4.79 Å². The number of hydrogen-bond donors (Lipinski definition) is 2. The van der Waals surface area contributed by atoms with E-state index in [1.165, 1.54) is 0 Å². The van der Waals surface area contributed by atoms with Crippen LogP contribution in [-0.2, 0) is 6.42 Å². The first kappa shape index (κ1) is 15.2. The first-order valence-electron chi connectivity index (χ1n) is 8.62. The van der Waals surface area contributed by atoms with Crippen LogP contribution in [0.3, 0.4) is 0 Å². The van der Waals surface area contributed by atoms with Crippen LogP contribution in [0.5, 0.6) is 5.75 Å². The minimum Gasteiger partial charge on any atom is -0.493 e. The van der Waals surface area contributed by atoms with Gasteiger partial charge in [0, 0.05) is 18.4 Å². The van der Waals surface area contributed by atoms with Crippen LogP contribution in [0, 0.1) is 0 Å². The summed E-state index contributed by atoms with van der Waals surface area (Å²) in [5.74, 6) is 0.752. The molecule has 1 amide bonds. The average molecular weight is 326 g/mol. The lowest BCUT2D eigenvalue weighted by Crippen LogP contribution is -2.32. The first-order valence-corrected chi connectivity index (χ1v) is 8.62. The molecule has 2 aliphatic heterocycles. The summed E-state index contributed by atoms with van der Waals surface area (Å²) in [6.45, 7) is 2.74. The summed E-state index contributed by atoms with van der Waals surface area (Å²) in [4.78, 5) is 12.4. The van der Waals surface area contributed by atoms with Gasteiger partial charge in [-0.15, -0.1) is 0 Å². The highest BCUT2D eigenvalue weighted by molar-refractivity contribution is 6.02. The molecular formula is C18H22N4O2. The molecule has 2 N–H and O–H groups in total. The number of ether oxygens (including phenoxy) is 1. The molecule has 0 aliphatic carbocycles. The van der Waals surface area contributed by atoms with E-state index in [4.69, 9.17) is 4.74 Å². The maximum atomic E-state index is 12.4. The van der Waals surface area contributed by atoms with Crippen LogP contribution in [-0.4, -0.2) is 35.4 Å². The molecule has 0 spiro atoms. The predicted octanol–water partition coefficient (Wildman–Crippen LogP) is 2.38. The monoisotopic (exact) mass is 326 g/mol. The maximum absolute atomic E-state index is 12.4. The number of nitrogens with one attached hydrogen (secondary N) is 2. The fraction of sp³-hybridized carbons (Fsp3) is 0.444. The van der Waals surface area contributed by atoms with E-state index in [1.807, 2.05) is 29.1 Å². The Hall–Kier alpha value is -2.34. The van der Waals surface area contributed by atoms with Crippen LogP contribution in [0.2, 0.25) is 0 Å². The number of nitrogens with zero attached hydrogens (tertiary/aromatic N) is 2. The number of rotatable bonds is 3. The van der Waals surface area contributed by atoms with Gasteiger partial charge in [-0.25, -0.2) is 0 Å². The molecule has 1 atom stereocenters. The highest BCUT2D eigenvalue weighted by Gasteiger charge is 2.18. The van der Waals surface area contributed by atoms with Crippen molar-refractivity contribution in [3.05, 3.63) is 41.7 Å². The molecule has 1 fully saturated rings. The lowest BCUT2D eigenvalue weighted by molar-refractivity contribution is 0.102. The fourth-order valence-electron chi connectivity index (χ4n) is 3.35. The molecule has 1 aromatic heterocycles. The number of aromatic nitrogens is 2. The van der Waals surface area contributed by atoms with Crippen LogP contribution >= 0.6 is 0 Å². The number of benzene rings is 1. The Bertz CT molecular complexity index is 734. The number of aryl methyl sites for hydroxylation is 1. The van der Waals surface area contributed by atoms with E-state index < -0.39 is 0 Å². The Labute approximate surface area is 141 Å². The molecule has 6 heteroatoms. The van der Waals surface area contributed by atoms with Gasteiger partial charge in [-0.05, 0) is 62.1 Å². The van der Waals surface area contributed by atoms with Crippen LogP contribution in [0.4, 0.5) is 5.69 Å². The van der Waals surface area contributed by atoms with Crippen molar-refractivity contribution < 1.29 is 9.53 Å². The third-order valence-corrected chi connectivity index (χ3v) is 4.65. The molecule has 4 rings (SSSR count). The minimum atomic E-state index is -0.172. The van der Waals surface area contributed by atoms with Gasteiger partial charge in [0.25, 0.3) is 5.91 Å². The van der Waals surface area contributed by atoms with Crippen LogP contribution in [0.25, 0.3) is 0 Å². The molecule has 126 valence electrons. The smallest absolute Gasteiger partial charge is 0.276 e. The summed E-state index contributed by atoms with van der Waals surface area (Å²) in [7, 11) is 0. The Kier molecular flexibility index (Phi) is 4.21. The molecule has 24 heavy (non-hydrogen) atoms. The van der Waals surface area contributed by atoms with Crippen molar-refractivity contribution in [2.75, 3.05) is 25.0 Å². The summed E-state index contributed by atoms with van der Waals surface area (Å²) in [6, 6.07) is 7.92. The average Bonchev–Trinajstić information content (AvgIpc) is 3.13. The number of piperidine rings is 1. The quantitative estimate of drug-likeness (QED) is 0.909. The maximum Gasteiger partial charge on any atom is 0.276 e. The zero-order chi connectivity index (χ0) is 16.4. The highest BCUT2D eigenvalue weighted by Crippen LogP contribution is 2.27. The van der Waals surface area contributed by atoms with Crippen LogP contribution in [0.1, 0.15) is 41.4 Å². The van der Waals surface area contributed by atoms with Crippen molar-refractivity contribution in [2.45, 2.75) is 31.7 Å². The number of fused-ring (bicyclic) bond motifs is 1. The van der Waals surface area contributed by atoms with Gasteiger partial charge < -0.3 is 15.4 Å². The van der Waals surface area contributed by atoms with Crippen molar-refractivity contribution >= 4 is 11.6 Å². The molecule has 2 aliphatic rings. The molecule has 0 bridgehead atoms. The number of amides is 1. The van der Waals surface area contributed by atoms with Crippen molar-refractivity contribution in [1.82, 2.24) is 15.1 Å². The molecule has 6 nitrogen and oxygen atoms in total. The summed E-state index contributed by atoms with van der Waals surface area (Å²) >= 11 is 0. The number of anilines is 1. The van der Waals surface area contributed by atoms with Crippen LogP contribution in [0.15, 0.2) is 30.5 Å². The van der Waals surface area contributed by atoms with E-state index in [0.29, 0.717) is 11.7 Å². The predicted molar refractivity (Wildman–Crippen MR) is 91.6 cm³/mol.